The quantitative estimate of drug-likeness (QED) is 0.145. The van der Waals surface area contributed by atoms with Gasteiger partial charge in [0.1, 0.15) is 11.3 Å². The fraction of sp³-hybridized carbons (Fsp3) is 0.0278. The van der Waals surface area contributed by atoms with Gasteiger partial charge in [-0.1, -0.05) is 322 Å². The molecule has 0 saturated carbocycles. The highest BCUT2D eigenvalue weighted by molar-refractivity contribution is 8.00. The number of nitrogens with zero attached hydrogens (tertiary/aromatic N) is 5. The molecule has 0 radical (unpaired) electrons. The van der Waals surface area contributed by atoms with Crippen molar-refractivity contribution in [3.63, 3.8) is 0 Å². The summed E-state index contributed by atoms with van der Waals surface area (Å²) in [6.45, 7) is 4.75. The molecule has 7 aromatic heterocycles. The Kier molecular flexibility index (Phi) is 17.8. The minimum atomic E-state index is -0.105. The first-order valence-electron chi connectivity index (χ1n) is 39.6. The van der Waals surface area contributed by atoms with E-state index in [0.717, 1.165) is 112 Å². The van der Waals surface area contributed by atoms with Gasteiger partial charge in [-0.3, -0.25) is 15.0 Å². The Hall–Kier alpha value is -13.6. The van der Waals surface area contributed by atoms with Gasteiger partial charge >= 0.3 is 0 Å². The van der Waals surface area contributed by atoms with E-state index in [1.165, 1.54) is 117 Å². The summed E-state index contributed by atoms with van der Waals surface area (Å²) in [6.07, 6.45) is 5.57. The molecule has 0 bridgehead atoms. The minimum absolute atomic E-state index is 0.105. The lowest BCUT2D eigenvalue weighted by Gasteiger charge is -2.26. The maximum absolute atomic E-state index is 6.52. The molecule has 0 spiro atoms. The third kappa shape index (κ3) is 12.4. The van der Waals surface area contributed by atoms with E-state index in [4.69, 9.17) is 24.4 Å². The van der Waals surface area contributed by atoms with Crippen molar-refractivity contribution in [2.45, 2.75) is 48.6 Å². The lowest BCUT2D eigenvalue weighted by molar-refractivity contribution is 0.631. The molecule has 10 heterocycles. The first-order valence-corrected chi connectivity index (χ1v) is 42.9. The first kappa shape index (κ1) is 71.0. The zero-order valence-corrected chi connectivity index (χ0v) is 67.4. The van der Waals surface area contributed by atoms with Crippen LogP contribution in [0.1, 0.15) is 36.1 Å². The summed E-state index contributed by atoms with van der Waals surface area (Å²) in [7, 11) is 0. The van der Waals surface area contributed by atoms with Crippen molar-refractivity contribution in [2.24, 2.45) is 0 Å². The summed E-state index contributed by atoms with van der Waals surface area (Å²) in [4.78, 5) is 33.3. The third-order valence-corrected chi connectivity index (χ3v) is 27.9. The number of pyridine rings is 5. The van der Waals surface area contributed by atoms with Gasteiger partial charge in [-0.05, 0) is 152 Å². The van der Waals surface area contributed by atoms with Crippen LogP contribution in [0.15, 0.2) is 416 Å². The van der Waals surface area contributed by atoms with Crippen molar-refractivity contribution < 1.29 is 4.42 Å². The maximum Gasteiger partial charge on any atom is 0.144 e. The van der Waals surface area contributed by atoms with Crippen molar-refractivity contribution in [1.29, 1.82) is 0 Å². The molecule has 10 heteroatoms. The van der Waals surface area contributed by atoms with Gasteiger partial charge in [-0.15, -0.1) is 11.3 Å². The predicted octanol–water partition coefficient (Wildman–Crippen LogP) is 30.3. The predicted molar refractivity (Wildman–Crippen MR) is 492 cm³/mol. The number of hydrogen-bond donors (Lipinski definition) is 0. The second kappa shape index (κ2) is 29.6. The number of benzene rings is 13. The SMILES string of the molecule is CC1(C)C2=C(c3ccccc31)c1cccc(-c3cc(-c4ccccc4)cc(-c4ccccc4)n3)c1Sc1ccccc12.c1cc(-c2ccc3c(c2)-c2c(oc4ccccc24)-c2ccccc2S3)cc(-c2ccc3ccc4cccnc4c3n2)c1.c1ccc(-c2cccc3c2Sc2c(-c4ccccn4)cccc2-c2c-3sc3ccccc23)nc1. The van der Waals surface area contributed by atoms with E-state index >= 15 is 0 Å². The molecule has 118 heavy (non-hydrogen) atoms. The summed E-state index contributed by atoms with van der Waals surface area (Å²) in [5.41, 5.74) is 33.4. The van der Waals surface area contributed by atoms with Gasteiger partial charge in [-0.2, -0.15) is 0 Å². The molecular formula is C108H69N5OS4. The monoisotopic (exact) mass is 1580 g/mol. The molecule has 0 saturated heterocycles. The molecule has 0 amide bonds. The fourth-order valence-corrected chi connectivity index (χ4v) is 22.5. The standard InChI is InChI=1S/C40H29NS.C38H22N2OS.C30H18N2S2/c1-40(2)33-22-11-9-18-29(33)37-32-21-13-20-30(39(32)42-36-23-12-10-19-31(36)38(37)40)35-25-28(26-14-5-3-6-15-26)24-34(41-35)27-16-7-4-8-17-27;1-3-12-32-28(10-1)35-30-22-26(17-19-34(30)42-33-13-4-2-11-29(33)38(35)41-32)25-7-5-8-27(21-25)31-18-16-24-15-14-23-9-6-20-39-36(23)37(24)40-31;1-2-16-26-21(9-1)27-22-12-7-10-19(24-14-3-5-17-31-24)28(22)34-29-20(25-15-4-6-18-32-25)11-8-13-23(29)30(27)33-26/h3-25H,1-2H3;1-22H;1-18H. The van der Waals surface area contributed by atoms with Crippen LogP contribution in [-0.2, 0) is 5.41 Å². The van der Waals surface area contributed by atoms with E-state index in [-0.39, 0.29) is 5.41 Å². The van der Waals surface area contributed by atoms with E-state index in [1.54, 1.807) is 11.8 Å². The van der Waals surface area contributed by atoms with Crippen LogP contribution in [0.5, 0.6) is 0 Å². The number of hydrogen-bond acceptors (Lipinski definition) is 10. The van der Waals surface area contributed by atoms with Gasteiger partial charge in [0.05, 0.1) is 39.5 Å². The van der Waals surface area contributed by atoms with Crippen LogP contribution >= 0.6 is 46.6 Å². The number of aromatic nitrogens is 5. The Morgan fingerprint density at radius 3 is 1.61 bits per heavy atom. The summed E-state index contributed by atoms with van der Waals surface area (Å²) in [5.74, 6) is 0.935. The number of allylic oxidation sites excluding steroid dienone is 1. The molecule has 6 nitrogen and oxygen atoms in total. The highest BCUT2D eigenvalue weighted by Crippen LogP contribution is 2.61. The van der Waals surface area contributed by atoms with Gasteiger partial charge in [0.15, 0.2) is 0 Å². The van der Waals surface area contributed by atoms with E-state index in [2.05, 4.69) is 359 Å². The van der Waals surface area contributed by atoms with Gasteiger partial charge in [0.25, 0.3) is 0 Å². The molecule has 0 unspecified atom stereocenters. The zero-order chi connectivity index (χ0) is 78.4. The number of para-hydroxylation sites is 1. The second-order valence-electron chi connectivity index (χ2n) is 30.4. The number of rotatable bonds is 7. The molecule has 4 aliphatic rings. The molecule has 0 fully saturated rings. The highest BCUT2D eigenvalue weighted by Gasteiger charge is 2.42. The van der Waals surface area contributed by atoms with E-state index < -0.39 is 0 Å². The molecule has 0 N–H and O–H groups in total. The third-order valence-electron chi connectivity index (χ3n) is 23.0. The van der Waals surface area contributed by atoms with E-state index in [0.29, 0.717) is 0 Å². The number of fused-ring (bicyclic) bond motifs is 23. The maximum atomic E-state index is 6.52. The van der Waals surface area contributed by atoms with Gasteiger partial charge in [0.2, 0.25) is 0 Å². The largest absolute Gasteiger partial charge is 0.455 e. The minimum Gasteiger partial charge on any atom is -0.455 e. The zero-order valence-electron chi connectivity index (χ0n) is 64.2. The molecule has 556 valence electrons. The van der Waals surface area contributed by atoms with Crippen LogP contribution < -0.4 is 0 Å². The van der Waals surface area contributed by atoms with Crippen molar-refractivity contribution in [1.82, 2.24) is 24.9 Å². The topological polar surface area (TPSA) is 77.6 Å². The Balaban J connectivity index is 0.000000108. The van der Waals surface area contributed by atoms with Gasteiger partial charge < -0.3 is 4.42 Å². The van der Waals surface area contributed by atoms with Crippen molar-refractivity contribution >= 4 is 101 Å². The van der Waals surface area contributed by atoms with Crippen molar-refractivity contribution in [3.8, 4) is 123 Å². The Bertz CT molecular complexity index is 7380. The van der Waals surface area contributed by atoms with Gasteiger partial charge in [0, 0.05) is 140 Å². The summed E-state index contributed by atoms with van der Waals surface area (Å²) < 4.78 is 7.82. The average Bonchev–Trinajstić information content (AvgIpc) is 1.55. The van der Waals surface area contributed by atoms with Crippen LogP contribution in [0.3, 0.4) is 0 Å². The Labute approximate surface area is 700 Å². The fourth-order valence-electron chi connectivity index (χ4n) is 17.5. The van der Waals surface area contributed by atoms with E-state index in [1.807, 2.05) is 77.7 Å². The molecule has 20 aromatic rings. The second-order valence-corrected chi connectivity index (χ2v) is 34.6. The molecule has 0 atom stereocenters. The molecule has 24 rings (SSSR count). The average molecular weight is 1580 g/mol. The lowest BCUT2D eigenvalue weighted by Crippen LogP contribution is -2.16. The van der Waals surface area contributed by atoms with Crippen LogP contribution in [0.4, 0.5) is 0 Å². The van der Waals surface area contributed by atoms with Crippen LogP contribution in [0.25, 0.3) is 177 Å². The Morgan fingerprint density at radius 2 is 0.839 bits per heavy atom. The summed E-state index contributed by atoms with van der Waals surface area (Å²) >= 11 is 7.40. The van der Waals surface area contributed by atoms with Gasteiger partial charge in [-0.25, -0.2) is 9.97 Å². The van der Waals surface area contributed by atoms with Crippen LogP contribution in [0, 0.1) is 0 Å². The lowest BCUT2D eigenvalue weighted by atomic mass is 9.78. The molecule has 1 aliphatic carbocycles. The summed E-state index contributed by atoms with van der Waals surface area (Å²) in [6, 6.07) is 129. The van der Waals surface area contributed by atoms with Crippen molar-refractivity contribution in [2.75, 3.05) is 0 Å². The van der Waals surface area contributed by atoms with E-state index in [9.17, 15) is 0 Å². The normalized spacial score (nSPS) is 12.9. The summed E-state index contributed by atoms with van der Waals surface area (Å²) in [5, 5.41) is 4.63. The molecule has 13 aromatic carbocycles. The first-order chi connectivity index (χ1) is 58.3. The molecular weight excluding hydrogens is 1510 g/mol. The molecule has 3 aliphatic heterocycles. The highest BCUT2D eigenvalue weighted by atomic mass is 32.2. The van der Waals surface area contributed by atoms with Crippen LogP contribution in [-0.4, -0.2) is 24.9 Å². The number of thiophene rings is 1. The number of furan rings is 1. The van der Waals surface area contributed by atoms with Crippen molar-refractivity contribution in [3.05, 3.63) is 405 Å². The smallest absolute Gasteiger partial charge is 0.144 e. The van der Waals surface area contributed by atoms with Crippen LogP contribution in [0.2, 0.25) is 0 Å². The Morgan fingerprint density at radius 1 is 0.288 bits per heavy atom.